The molecule has 0 fully saturated rings. The molecule has 0 aliphatic carbocycles. The van der Waals surface area contributed by atoms with Gasteiger partial charge in [-0.05, 0) is 34.1 Å². The van der Waals surface area contributed by atoms with Crippen LogP contribution in [0.25, 0.3) is 0 Å². The van der Waals surface area contributed by atoms with E-state index in [9.17, 15) is 10.1 Å². The summed E-state index contributed by atoms with van der Waals surface area (Å²) >= 11 is 12.7. The van der Waals surface area contributed by atoms with Gasteiger partial charge < -0.3 is 4.74 Å². The molecule has 2 rings (SSSR count). The predicted molar refractivity (Wildman–Crippen MR) is 85.0 cm³/mol. The first-order valence-corrected chi connectivity index (χ1v) is 7.78. The van der Waals surface area contributed by atoms with Crippen LogP contribution in [-0.2, 0) is 5.33 Å². The Kier molecular flexibility index (Phi) is 5.01. The van der Waals surface area contributed by atoms with Crippen molar-refractivity contribution in [3.63, 3.8) is 0 Å². The lowest BCUT2D eigenvalue weighted by Crippen LogP contribution is -1.96. The van der Waals surface area contributed by atoms with Crippen LogP contribution in [0.1, 0.15) is 5.56 Å². The number of nitro benzene ring substituents is 1. The van der Waals surface area contributed by atoms with Gasteiger partial charge in [-0.15, -0.1) is 0 Å². The number of alkyl halides is 1. The number of nitrogens with zero attached hydrogens (tertiary/aromatic N) is 1. The summed E-state index contributed by atoms with van der Waals surface area (Å²) in [5.41, 5.74) is 0.624. The zero-order valence-corrected chi connectivity index (χ0v) is 13.9. The highest BCUT2D eigenvalue weighted by atomic mass is 79.9. The Hall–Kier alpha value is -1.11. The van der Waals surface area contributed by atoms with Gasteiger partial charge in [0.2, 0.25) is 5.75 Å². The second kappa shape index (κ2) is 6.56. The van der Waals surface area contributed by atoms with Crippen LogP contribution in [0.3, 0.4) is 0 Å². The lowest BCUT2D eigenvalue weighted by Gasteiger charge is -2.12. The summed E-state index contributed by atoms with van der Waals surface area (Å²) in [4.78, 5) is 10.6. The van der Waals surface area contributed by atoms with Crippen LogP contribution in [0, 0.1) is 10.1 Å². The molecule has 0 amide bonds. The number of hydrogen-bond acceptors (Lipinski definition) is 3. The summed E-state index contributed by atoms with van der Waals surface area (Å²) < 4.78 is 6.21. The molecule has 0 aliphatic heterocycles. The summed E-state index contributed by atoms with van der Waals surface area (Å²) in [5.74, 6) is 0.631. The second-order valence-corrected chi connectivity index (χ2v) is 5.62. The van der Waals surface area contributed by atoms with Crippen LogP contribution in [0.15, 0.2) is 40.9 Å². The molecule has 0 heterocycles. The van der Waals surface area contributed by atoms with Gasteiger partial charge in [0.1, 0.15) is 5.75 Å². The average molecular weight is 421 g/mol. The number of nitro groups is 1. The average Bonchev–Trinajstić information content (AvgIpc) is 2.41. The molecular weight excluding hydrogens is 413 g/mol. The maximum atomic E-state index is 11.1. The smallest absolute Gasteiger partial charge is 0.312 e. The molecule has 0 aliphatic rings. The van der Waals surface area contributed by atoms with Crippen LogP contribution in [0.5, 0.6) is 11.5 Å². The Bertz CT molecular complexity index is 664. The molecule has 0 N–H and O–H groups in total. The normalized spacial score (nSPS) is 10.3. The summed E-state index contributed by atoms with van der Waals surface area (Å²) in [5, 5.41) is 12.1. The van der Waals surface area contributed by atoms with E-state index in [0.717, 1.165) is 5.56 Å². The van der Waals surface area contributed by atoms with Gasteiger partial charge in [-0.2, -0.15) is 0 Å². The minimum absolute atomic E-state index is 0.111. The van der Waals surface area contributed by atoms with Crippen LogP contribution < -0.4 is 4.74 Å². The summed E-state index contributed by atoms with van der Waals surface area (Å²) in [7, 11) is 0. The molecule has 4 nitrogen and oxygen atoms in total. The molecule has 0 spiro atoms. The van der Waals surface area contributed by atoms with Crippen LogP contribution in [-0.4, -0.2) is 4.92 Å². The molecule has 0 radical (unpaired) electrons. The SMILES string of the molecule is O=[N+]([O-])c1cccc(Br)c1Oc1cccc(Cl)c1CBr. The molecule has 2 aromatic rings. The van der Waals surface area contributed by atoms with E-state index in [0.29, 0.717) is 20.6 Å². The molecule has 104 valence electrons. The standard InChI is InChI=1S/C13H8Br2ClNO3/c14-7-8-10(16)4-2-6-12(8)20-13-9(15)3-1-5-11(13)17(18)19/h1-6H,7H2. The minimum Gasteiger partial charge on any atom is -0.449 e. The molecule has 20 heavy (non-hydrogen) atoms. The third-order valence-electron chi connectivity index (χ3n) is 2.56. The Morgan fingerprint density at radius 2 is 1.95 bits per heavy atom. The van der Waals surface area contributed by atoms with Gasteiger partial charge in [0, 0.05) is 22.0 Å². The fraction of sp³-hybridized carbons (Fsp3) is 0.0769. The van der Waals surface area contributed by atoms with Gasteiger partial charge in [0.25, 0.3) is 0 Å². The first kappa shape index (κ1) is 15.3. The number of para-hydroxylation sites is 1. The van der Waals surface area contributed by atoms with Crippen molar-refractivity contribution in [1.82, 2.24) is 0 Å². The third-order valence-corrected chi connectivity index (χ3v) is 4.10. The van der Waals surface area contributed by atoms with E-state index in [4.69, 9.17) is 16.3 Å². The van der Waals surface area contributed by atoms with Gasteiger partial charge in [-0.3, -0.25) is 10.1 Å². The summed E-state index contributed by atoms with van der Waals surface area (Å²) in [6.45, 7) is 0. The largest absolute Gasteiger partial charge is 0.449 e. The van der Waals surface area contributed by atoms with E-state index >= 15 is 0 Å². The lowest BCUT2D eigenvalue weighted by molar-refractivity contribution is -0.385. The van der Waals surface area contributed by atoms with Crippen molar-refractivity contribution in [2.24, 2.45) is 0 Å². The molecular formula is C13H8Br2ClNO3. The monoisotopic (exact) mass is 419 g/mol. The summed E-state index contributed by atoms with van der Waals surface area (Å²) in [6, 6.07) is 9.83. The van der Waals surface area contributed by atoms with Gasteiger partial charge in [-0.1, -0.05) is 39.7 Å². The lowest BCUT2D eigenvalue weighted by atomic mass is 10.2. The molecule has 7 heteroatoms. The van der Waals surface area contributed by atoms with Crippen molar-refractivity contribution in [2.45, 2.75) is 5.33 Å². The Morgan fingerprint density at radius 1 is 1.25 bits per heavy atom. The Labute approximate surface area is 137 Å². The van der Waals surface area contributed by atoms with Gasteiger partial charge >= 0.3 is 5.69 Å². The van der Waals surface area contributed by atoms with E-state index in [-0.39, 0.29) is 11.4 Å². The zero-order chi connectivity index (χ0) is 14.7. The van der Waals surface area contributed by atoms with E-state index in [1.165, 1.54) is 6.07 Å². The molecule has 2 aromatic carbocycles. The van der Waals surface area contributed by atoms with Gasteiger partial charge in [0.15, 0.2) is 0 Å². The van der Waals surface area contributed by atoms with Crippen molar-refractivity contribution in [3.8, 4) is 11.5 Å². The molecule has 0 saturated heterocycles. The fourth-order valence-corrected chi connectivity index (χ4v) is 3.03. The predicted octanol–water partition coefficient (Wildman–Crippen LogP) is 5.70. The van der Waals surface area contributed by atoms with E-state index in [1.807, 2.05) is 0 Å². The second-order valence-electron chi connectivity index (χ2n) is 3.80. The molecule has 0 unspecified atom stereocenters. The third kappa shape index (κ3) is 3.13. The van der Waals surface area contributed by atoms with Crippen molar-refractivity contribution < 1.29 is 9.66 Å². The van der Waals surface area contributed by atoms with Gasteiger partial charge in [0.05, 0.1) is 9.40 Å². The maximum Gasteiger partial charge on any atom is 0.312 e. The van der Waals surface area contributed by atoms with Crippen LogP contribution in [0.2, 0.25) is 5.02 Å². The molecule has 0 bridgehead atoms. The Balaban J connectivity index is 2.50. The van der Waals surface area contributed by atoms with Crippen molar-refractivity contribution >= 4 is 49.1 Å². The topological polar surface area (TPSA) is 52.4 Å². The number of rotatable bonds is 4. The first-order chi connectivity index (χ1) is 9.54. The van der Waals surface area contributed by atoms with Crippen LogP contribution in [0.4, 0.5) is 5.69 Å². The number of ether oxygens (including phenoxy) is 1. The Morgan fingerprint density at radius 3 is 2.60 bits per heavy atom. The zero-order valence-electron chi connectivity index (χ0n) is 9.98. The quantitative estimate of drug-likeness (QED) is 0.362. The number of halogens is 3. The van der Waals surface area contributed by atoms with Crippen molar-refractivity contribution in [2.75, 3.05) is 0 Å². The maximum absolute atomic E-state index is 11.1. The molecule has 0 atom stereocenters. The van der Waals surface area contributed by atoms with E-state index in [2.05, 4.69) is 31.9 Å². The minimum atomic E-state index is -0.488. The highest BCUT2D eigenvalue weighted by Crippen LogP contribution is 2.40. The highest BCUT2D eigenvalue weighted by molar-refractivity contribution is 9.10. The van der Waals surface area contributed by atoms with Crippen LogP contribution >= 0.6 is 43.5 Å². The molecule has 0 saturated carbocycles. The summed E-state index contributed by atoms with van der Waals surface area (Å²) in [6.07, 6.45) is 0. The number of benzene rings is 2. The van der Waals surface area contributed by atoms with Crippen molar-refractivity contribution in [1.29, 1.82) is 0 Å². The molecule has 0 aromatic heterocycles. The highest BCUT2D eigenvalue weighted by Gasteiger charge is 2.20. The first-order valence-electron chi connectivity index (χ1n) is 5.48. The van der Waals surface area contributed by atoms with E-state index in [1.54, 1.807) is 30.3 Å². The number of hydrogen-bond donors (Lipinski definition) is 0. The fourth-order valence-electron chi connectivity index (χ4n) is 1.62. The van der Waals surface area contributed by atoms with E-state index < -0.39 is 4.92 Å². The van der Waals surface area contributed by atoms with Gasteiger partial charge in [-0.25, -0.2) is 0 Å². The van der Waals surface area contributed by atoms with Crippen molar-refractivity contribution in [3.05, 3.63) is 61.6 Å².